The maximum absolute atomic E-state index is 12.7. The number of methoxy groups -OCH3 is 1. The molecule has 4 amide bonds. The van der Waals surface area contributed by atoms with Crippen LogP contribution in [0.25, 0.3) is 0 Å². The van der Waals surface area contributed by atoms with Gasteiger partial charge in [0.25, 0.3) is 5.91 Å². The third-order valence-corrected chi connectivity index (χ3v) is 4.32. The van der Waals surface area contributed by atoms with Crippen LogP contribution >= 0.6 is 15.9 Å². The van der Waals surface area contributed by atoms with E-state index < -0.39 is 17.5 Å². The van der Waals surface area contributed by atoms with Gasteiger partial charge in [-0.05, 0) is 31.0 Å². The van der Waals surface area contributed by atoms with Crippen molar-refractivity contribution in [3.8, 4) is 0 Å². The molecule has 24 heavy (non-hydrogen) atoms. The van der Waals surface area contributed by atoms with Crippen molar-refractivity contribution in [2.24, 2.45) is 0 Å². The summed E-state index contributed by atoms with van der Waals surface area (Å²) in [6.07, 6.45) is 0.665. The molecule has 1 fully saturated rings. The molecule has 1 saturated heterocycles. The van der Waals surface area contributed by atoms with Crippen LogP contribution in [0.3, 0.4) is 0 Å². The standard InChI is InChI=1S/C16H20BrN3O4/c1-16(11-5-3-6-12(17)9-11)14(22)20(15(23)19-16)10-13(21)18-7-4-8-24-2/h3,5-6,9H,4,7-8,10H2,1-2H3,(H,18,21)(H,19,23). The van der Waals surface area contributed by atoms with Crippen molar-refractivity contribution in [2.75, 3.05) is 26.8 Å². The average Bonchev–Trinajstić information content (AvgIpc) is 2.76. The van der Waals surface area contributed by atoms with Gasteiger partial charge in [-0.25, -0.2) is 4.79 Å². The number of urea groups is 1. The van der Waals surface area contributed by atoms with Crippen molar-refractivity contribution >= 4 is 33.8 Å². The van der Waals surface area contributed by atoms with Gasteiger partial charge in [0.1, 0.15) is 12.1 Å². The molecule has 1 aromatic carbocycles. The third-order valence-electron chi connectivity index (χ3n) is 3.83. The van der Waals surface area contributed by atoms with Gasteiger partial charge in [0.15, 0.2) is 0 Å². The monoisotopic (exact) mass is 397 g/mol. The Morgan fingerprint density at radius 1 is 1.42 bits per heavy atom. The Morgan fingerprint density at radius 3 is 2.83 bits per heavy atom. The molecule has 0 saturated carbocycles. The number of nitrogens with one attached hydrogen (secondary N) is 2. The van der Waals surface area contributed by atoms with E-state index in [1.165, 1.54) is 0 Å². The van der Waals surface area contributed by atoms with Crippen LogP contribution in [-0.4, -0.2) is 49.6 Å². The fourth-order valence-corrected chi connectivity index (χ4v) is 2.88. The molecule has 0 spiro atoms. The number of ether oxygens (including phenoxy) is 1. The quantitative estimate of drug-likeness (QED) is 0.537. The summed E-state index contributed by atoms with van der Waals surface area (Å²) in [6.45, 7) is 2.29. The number of imide groups is 1. The van der Waals surface area contributed by atoms with E-state index in [-0.39, 0.29) is 12.5 Å². The lowest BCUT2D eigenvalue weighted by molar-refractivity contribution is -0.134. The Labute approximate surface area is 148 Å². The second kappa shape index (κ2) is 7.76. The lowest BCUT2D eigenvalue weighted by Crippen LogP contribution is -2.43. The molecule has 7 nitrogen and oxygen atoms in total. The van der Waals surface area contributed by atoms with Crippen LogP contribution in [0.1, 0.15) is 18.9 Å². The third kappa shape index (κ3) is 3.93. The van der Waals surface area contributed by atoms with Crippen molar-refractivity contribution in [2.45, 2.75) is 18.9 Å². The maximum Gasteiger partial charge on any atom is 0.325 e. The van der Waals surface area contributed by atoms with Crippen LogP contribution in [0.15, 0.2) is 28.7 Å². The molecule has 1 aromatic rings. The lowest BCUT2D eigenvalue weighted by atomic mass is 9.92. The van der Waals surface area contributed by atoms with Crippen LogP contribution in [0.5, 0.6) is 0 Å². The van der Waals surface area contributed by atoms with E-state index >= 15 is 0 Å². The number of amides is 4. The minimum Gasteiger partial charge on any atom is -0.385 e. The van der Waals surface area contributed by atoms with Gasteiger partial charge in [-0.2, -0.15) is 0 Å². The van der Waals surface area contributed by atoms with E-state index in [1.807, 2.05) is 6.07 Å². The highest BCUT2D eigenvalue weighted by molar-refractivity contribution is 9.10. The van der Waals surface area contributed by atoms with Crippen molar-refractivity contribution in [1.82, 2.24) is 15.5 Å². The van der Waals surface area contributed by atoms with Crippen LogP contribution in [0.2, 0.25) is 0 Å². The molecule has 1 unspecified atom stereocenters. The SMILES string of the molecule is COCCCNC(=O)CN1C(=O)NC(C)(c2cccc(Br)c2)C1=O. The summed E-state index contributed by atoms with van der Waals surface area (Å²) >= 11 is 3.35. The first-order valence-corrected chi connectivity index (χ1v) is 8.33. The molecule has 0 radical (unpaired) electrons. The molecular weight excluding hydrogens is 378 g/mol. The van der Waals surface area contributed by atoms with Crippen molar-refractivity contribution in [3.63, 3.8) is 0 Å². The molecule has 8 heteroatoms. The number of rotatable bonds is 7. The summed E-state index contributed by atoms with van der Waals surface area (Å²) in [4.78, 5) is 37.7. The first kappa shape index (κ1) is 18.4. The highest BCUT2D eigenvalue weighted by atomic mass is 79.9. The molecule has 0 aromatic heterocycles. The highest BCUT2D eigenvalue weighted by Crippen LogP contribution is 2.30. The second-order valence-electron chi connectivity index (χ2n) is 5.65. The molecule has 1 heterocycles. The number of carbonyl (C=O) groups excluding carboxylic acids is 3. The fraction of sp³-hybridized carbons (Fsp3) is 0.438. The largest absolute Gasteiger partial charge is 0.385 e. The predicted octanol–water partition coefficient (Wildman–Crippen LogP) is 1.37. The van der Waals surface area contributed by atoms with E-state index in [0.29, 0.717) is 25.1 Å². The topological polar surface area (TPSA) is 87.7 Å². The normalized spacial score (nSPS) is 20.2. The molecule has 0 aliphatic carbocycles. The predicted molar refractivity (Wildman–Crippen MR) is 91.2 cm³/mol. The second-order valence-corrected chi connectivity index (χ2v) is 6.57. The number of benzene rings is 1. The van der Waals surface area contributed by atoms with Gasteiger partial charge in [-0.3, -0.25) is 14.5 Å². The number of hydrogen-bond acceptors (Lipinski definition) is 4. The van der Waals surface area contributed by atoms with Crippen molar-refractivity contribution in [3.05, 3.63) is 34.3 Å². The van der Waals surface area contributed by atoms with Crippen molar-refractivity contribution in [1.29, 1.82) is 0 Å². The maximum atomic E-state index is 12.7. The molecule has 130 valence electrons. The van der Waals surface area contributed by atoms with Crippen LogP contribution in [0, 0.1) is 0 Å². The van der Waals surface area contributed by atoms with E-state index in [1.54, 1.807) is 32.2 Å². The zero-order valence-corrected chi connectivity index (χ0v) is 15.2. The molecular formula is C16H20BrN3O4. The Balaban J connectivity index is 2.04. The Kier molecular flexibility index (Phi) is 5.95. The van der Waals surface area contributed by atoms with Crippen molar-refractivity contribution < 1.29 is 19.1 Å². The smallest absolute Gasteiger partial charge is 0.325 e. The lowest BCUT2D eigenvalue weighted by Gasteiger charge is -2.22. The zero-order valence-electron chi connectivity index (χ0n) is 13.6. The fourth-order valence-electron chi connectivity index (χ4n) is 2.48. The zero-order chi connectivity index (χ0) is 17.7. The number of hydrogen-bond donors (Lipinski definition) is 2. The Hall–Kier alpha value is -1.93. The van der Waals surface area contributed by atoms with E-state index in [9.17, 15) is 14.4 Å². The number of halogens is 1. The summed E-state index contributed by atoms with van der Waals surface area (Å²) in [6, 6.07) is 6.58. The summed E-state index contributed by atoms with van der Waals surface area (Å²) in [5.74, 6) is -0.828. The summed E-state index contributed by atoms with van der Waals surface area (Å²) in [5.41, 5.74) is -0.532. The molecule has 2 N–H and O–H groups in total. The molecule has 0 bridgehead atoms. The van der Waals surface area contributed by atoms with E-state index in [2.05, 4.69) is 26.6 Å². The van der Waals surface area contributed by atoms with Gasteiger partial charge in [0, 0.05) is 24.7 Å². The average molecular weight is 398 g/mol. The first-order chi connectivity index (χ1) is 11.4. The van der Waals surface area contributed by atoms with E-state index in [4.69, 9.17) is 4.74 Å². The van der Waals surface area contributed by atoms with Crippen LogP contribution in [0.4, 0.5) is 4.79 Å². The first-order valence-electron chi connectivity index (χ1n) is 7.54. The molecule has 1 atom stereocenters. The number of nitrogens with zero attached hydrogens (tertiary/aromatic N) is 1. The van der Waals surface area contributed by atoms with Gasteiger partial charge >= 0.3 is 6.03 Å². The minimum absolute atomic E-state index is 0.304. The Bertz CT molecular complexity index is 652. The van der Waals surface area contributed by atoms with Crippen LogP contribution in [-0.2, 0) is 19.9 Å². The Morgan fingerprint density at radius 2 is 2.17 bits per heavy atom. The van der Waals surface area contributed by atoms with Gasteiger partial charge in [-0.15, -0.1) is 0 Å². The minimum atomic E-state index is -1.18. The summed E-state index contributed by atoms with van der Waals surface area (Å²) in [7, 11) is 1.58. The van der Waals surface area contributed by atoms with E-state index in [0.717, 1.165) is 9.37 Å². The van der Waals surface area contributed by atoms with Gasteiger partial charge in [0.2, 0.25) is 5.91 Å². The highest BCUT2D eigenvalue weighted by Gasteiger charge is 2.49. The summed E-state index contributed by atoms with van der Waals surface area (Å²) < 4.78 is 5.70. The number of carbonyl (C=O) groups is 3. The molecule has 1 aliphatic heterocycles. The van der Waals surface area contributed by atoms with Gasteiger partial charge < -0.3 is 15.4 Å². The summed E-state index contributed by atoms with van der Waals surface area (Å²) in [5, 5.41) is 5.33. The molecule has 2 rings (SSSR count). The molecule has 1 aliphatic rings. The van der Waals surface area contributed by atoms with Crippen LogP contribution < -0.4 is 10.6 Å². The van der Waals surface area contributed by atoms with Gasteiger partial charge in [0.05, 0.1) is 0 Å². The van der Waals surface area contributed by atoms with Gasteiger partial charge in [-0.1, -0.05) is 28.1 Å².